The Morgan fingerprint density at radius 3 is 2.79 bits per heavy atom. The van der Waals surface area contributed by atoms with E-state index in [9.17, 15) is 4.79 Å². The van der Waals surface area contributed by atoms with Crippen LogP contribution in [-0.2, 0) is 16.0 Å². The van der Waals surface area contributed by atoms with Gasteiger partial charge in [0, 0.05) is 58.3 Å². The molecule has 1 unspecified atom stereocenters. The smallest absolute Gasteiger partial charge is 0.223 e. The predicted octanol–water partition coefficient (Wildman–Crippen LogP) is 2.70. The molecule has 0 aliphatic carbocycles. The molecule has 1 aromatic carbocycles. The summed E-state index contributed by atoms with van der Waals surface area (Å²) in [6.45, 7) is 11.9. The summed E-state index contributed by atoms with van der Waals surface area (Å²) in [7, 11) is 0. The number of nitrogens with one attached hydrogen (secondary N) is 2. The van der Waals surface area contributed by atoms with Gasteiger partial charge in [0.1, 0.15) is 0 Å². The molecule has 6 nitrogen and oxygen atoms in total. The van der Waals surface area contributed by atoms with Gasteiger partial charge in [0.15, 0.2) is 5.96 Å². The second kappa shape index (κ2) is 13.2. The Bertz CT molecular complexity index is 619. The van der Waals surface area contributed by atoms with E-state index in [1.807, 2.05) is 23.1 Å². The summed E-state index contributed by atoms with van der Waals surface area (Å²) in [5.74, 6) is 1.94. The minimum atomic E-state index is 0.251. The summed E-state index contributed by atoms with van der Waals surface area (Å²) in [6, 6.07) is 10.3. The minimum absolute atomic E-state index is 0.251. The Morgan fingerprint density at radius 2 is 2.07 bits per heavy atom. The number of nitrogens with zero attached hydrogens (tertiary/aromatic N) is 2. The first-order chi connectivity index (χ1) is 14.1. The summed E-state index contributed by atoms with van der Waals surface area (Å²) in [5.41, 5.74) is 1.28. The topological polar surface area (TPSA) is 66.0 Å². The van der Waals surface area contributed by atoms with E-state index in [0.717, 1.165) is 58.2 Å². The first kappa shape index (κ1) is 23.2. The largest absolute Gasteiger partial charge is 0.381 e. The molecule has 1 atom stereocenters. The second-order valence-corrected chi connectivity index (χ2v) is 8.11. The van der Waals surface area contributed by atoms with Crippen LogP contribution < -0.4 is 10.6 Å². The highest BCUT2D eigenvalue weighted by molar-refractivity contribution is 5.80. The molecule has 2 rings (SSSR count). The molecule has 0 aromatic heterocycles. The number of guanidine groups is 1. The molecule has 1 aliphatic heterocycles. The fourth-order valence-corrected chi connectivity index (χ4v) is 3.36. The maximum absolute atomic E-state index is 12.3. The molecular weight excluding hydrogens is 364 g/mol. The van der Waals surface area contributed by atoms with Gasteiger partial charge in [-0.3, -0.25) is 9.79 Å². The second-order valence-electron chi connectivity index (χ2n) is 8.11. The van der Waals surface area contributed by atoms with Crippen molar-refractivity contribution in [3.63, 3.8) is 0 Å². The number of ether oxygens (including phenoxy) is 1. The molecule has 0 spiro atoms. The average molecular weight is 403 g/mol. The summed E-state index contributed by atoms with van der Waals surface area (Å²) < 4.78 is 5.61. The van der Waals surface area contributed by atoms with Crippen molar-refractivity contribution in [3.05, 3.63) is 35.9 Å². The van der Waals surface area contributed by atoms with Gasteiger partial charge in [0.25, 0.3) is 0 Å². The highest BCUT2D eigenvalue weighted by atomic mass is 16.5. The summed E-state index contributed by atoms with van der Waals surface area (Å²) in [4.78, 5) is 19.0. The Labute approximate surface area is 176 Å². The highest BCUT2D eigenvalue weighted by Crippen LogP contribution is 2.18. The maximum Gasteiger partial charge on any atom is 0.223 e. The van der Waals surface area contributed by atoms with E-state index in [2.05, 4.69) is 43.5 Å². The van der Waals surface area contributed by atoms with Crippen LogP contribution in [0, 0.1) is 11.8 Å². The lowest BCUT2D eigenvalue weighted by Crippen LogP contribution is -2.38. The van der Waals surface area contributed by atoms with E-state index in [1.165, 1.54) is 5.56 Å². The third-order valence-corrected chi connectivity index (χ3v) is 4.87. The molecule has 1 amide bonds. The summed E-state index contributed by atoms with van der Waals surface area (Å²) in [5, 5.41) is 6.65. The lowest BCUT2D eigenvalue weighted by atomic mass is 10.1. The monoisotopic (exact) mass is 402 g/mol. The minimum Gasteiger partial charge on any atom is -0.381 e. The summed E-state index contributed by atoms with van der Waals surface area (Å²) >= 11 is 0. The molecule has 0 bridgehead atoms. The van der Waals surface area contributed by atoms with Gasteiger partial charge >= 0.3 is 0 Å². The molecule has 6 heteroatoms. The van der Waals surface area contributed by atoms with Crippen LogP contribution in [0.2, 0.25) is 0 Å². The van der Waals surface area contributed by atoms with Crippen molar-refractivity contribution in [3.8, 4) is 0 Å². The third kappa shape index (κ3) is 9.31. The first-order valence-electron chi connectivity index (χ1n) is 11.0. The molecular formula is C23H38N4O2. The third-order valence-electron chi connectivity index (χ3n) is 4.87. The first-order valence-corrected chi connectivity index (χ1v) is 11.0. The fourth-order valence-electron chi connectivity index (χ4n) is 3.36. The van der Waals surface area contributed by atoms with Crippen LogP contribution in [0.5, 0.6) is 0 Å². The zero-order valence-corrected chi connectivity index (χ0v) is 18.3. The van der Waals surface area contributed by atoms with Gasteiger partial charge in [-0.15, -0.1) is 0 Å². The van der Waals surface area contributed by atoms with Gasteiger partial charge < -0.3 is 20.3 Å². The van der Waals surface area contributed by atoms with Crippen molar-refractivity contribution >= 4 is 11.9 Å². The van der Waals surface area contributed by atoms with Gasteiger partial charge in [-0.05, 0) is 31.2 Å². The number of hydrogen-bond acceptors (Lipinski definition) is 3. The van der Waals surface area contributed by atoms with Crippen molar-refractivity contribution in [2.45, 2.75) is 40.0 Å². The van der Waals surface area contributed by atoms with Crippen LogP contribution in [0.15, 0.2) is 35.3 Å². The molecule has 1 aromatic rings. The van der Waals surface area contributed by atoms with Gasteiger partial charge in [-0.2, -0.15) is 0 Å². The van der Waals surface area contributed by atoms with Crippen LogP contribution >= 0.6 is 0 Å². The standard InChI is InChI=1S/C23H38N4O2/c1-4-24-23(25-12-8-14-29-18-19(2)3)26-16-21-15-22(28)27(17-21)13-11-20-9-6-5-7-10-20/h5-7,9-10,19,21H,4,8,11-18H2,1-3H3,(H2,24,25,26). The molecule has 162 valence electrons. The number of benzene rings is 1. The van der Waals surface area contributed by atoms with E-state index >= 15 is 0 Å². The molecule has 0 radical (unpaired) electrons. The zero-order valence-electron chi connectivity index (χ0n) is 18.3. The van der Waals surface area contributed by atoms with Crippen molar-refractivity contribution in [1.29, 1.82) is 0 Å². The van der Waals surface area contributed by atoms with Gasteiger partial charge in [0.2, 0.25) is 5.91 Å². The number of amides is 1. The normalized spacial score (nSPS) is 17.2. The molecule has 2 N–H and O–H groups in total. The molecule has 29 heavy (non-hydrogen) atoms. The van der Waals surface area contributed by atoms with Crippen molar-refractivity contribution in [1.82, 2.24) is 15.5 Å². The van der Waals surface area contributed by atoms with Crippen molar-refractivity contribution in [2.24, 2.45) is 16.8 Å². The van der Waals surface area contributed by atoms with E-state index in [-0.39, 0.29) is 5.91 Å². The van der Waals surface area contributed by atoms with Gasteiger partial charge in [0.05, 0.1) is 0 Å². The molecule has 0 saturated carbocycles. The molecule has 1 aliphatic rings. The zero-order chi connectivity index (χ0) is 20.9. The lowest BCUT2D eigenvalue weighted by Gasteiger charge is -2.16. The van der Waals surface area contributed by atoms with E-state index < -0.39 is 0 Å². The Balaban J connectivity index is 1.70. The SMILES string of the molecule is CCNC(=NCC1CC(=O)N(CCc2ccccc2)C1)NCCCOCC(C)C. The number of hydrogen-bond donors (Lipinski definition) is 2. The summed E-state index contributed by atoms with van der Waals surface area (Å²) in [6.07, 6.45) is 2.46. The van der Waals surface area contributed by atoms with Crippen molar-refractivity contribution in [2.75, 3.05) is 45.9 Å². The predicted molar refractivity (Wildman–Crippen MR) is 119 cm³/mol. The Morgan fingerprint density at radius 1 is 1.28 bits per heavy atom. The van der Waals surface area contributed by atoms with E-state index in [0.29, 0.717) is 24.8 Å². The van der Waals surface area contributed by atoms with Gasteiger partial charge in [-0.25, -0.2) is 0 Å². The fraction of sp³-hybridized carbons (Fsp3) is 0.652. The average Bonchev–Trinajstić information content (AvgIpc) is 3.07. The Kier molecular flexibility index (Phi) is 10.6. The molecule has 1 heterocycles. The van der Waals surface area contributed by atoms with Crippen LogP contribution in [-0.4, -0.2) is 62.7 Å². The molecule has 1 fully saturated rings. The van der Waals surface area contributed by atoms with E-state index in [1.54, 1.807) is 0 Å². The van der Waals surface area contributed by atoms with Gasteiger partial charge in [-0.1, -0.05) is 44.2 Å². The molecule has 1 saturated heterocycles. The van der Waals surface area contributed by atoms with Crippen LogP contribution in [0.1, 0.15) is 39.2 Å². The number of rotatable bonds is 12. The Hall–Kier alpha value is -2.08. The number of likely N-dealkylation sites (tertiary alicyclic amines) is 1. The maximum atomic E-state index is 12.3. The van der Waals surface area contributed by atoms with Crippen molar-refractivity contribution < 1.29 is 9.53 Å². The van der Waals surface area contributed by atoms with Crippen LogP contribution in [0.3, 0.4) is 0 Å². The van der Waals surface area contributed by atoms with E-state index in [4.69, 9.17) is 9.73 Å². The number of aliphatic imine (C=N–C) groups is 1. The number of carbonyl (C=O) groups excluding carboxylic acids is 1. The van der Waals surface area contributed by atoms with Crippen LogP contribution in [0.25, 0.3) is 0 Å². The number of carbonyl (C=O) groups is 1. The lowest BCUT2D eigenvalue weighted by molar-refractivity contribution is -0.127. The quantitative estimate of drug-likeness (QED) is 0.320. The van der Waals surface area contributed by atoms with Crippen LogP contribution in [0.4, 0.5) is 0 Å². The highest BCUT2D eigenvalue weighted by Gasteiger charge is 2.28.